The maximum absolute atomic E-state index is 13.1. The molecular formula is C31H41FN2O3. The van der Waals surface area contributed by atoms with Crippen molar-refractivity contribution >= 4 is 11.7 Å². The van der Waals surface area contributed by atoms with E-state index in [0.717, 1.165) is 63.9 Å². The standard InChI is InChI=1S/C31H41FN2O3/c1-31(2,3)37-28-14-8-25(9-15-28)30(36)33-27-12-4-22(5-13-27)16-19-34-20-17-24(18-21-34)29(35)23-6-10-26(32)11-7-23/h6-11,14-15,22,24,27H,4-5,12-13,16-21H2,1-3H3,(H,33,36)/t22-,27-. The maximum Gasteiger partial charge on any atom is 0.251 e. The molecule has 1 saturated heterocycles. The van der Waals surface area contributed by atoms with Crippen LogP contribution in [0.5, 0.6) is 5.75 Å². The summed E-state index contributed by atoms with van der Waals surface area (Å²) in [6, 6.07) is 13.5. The molecule has 2 fully saturated rings. The van der Waals surface area contributed by atoms with E-state index in [4.69, 9.17) is 4.74 Å². The Morgan fingerprint density at radius 1 is 0.892 bits per heavy atom. The second-order valence-corrected chi connectivity index (χ2v) is 11.7. The Morgan fingerprint density at radius 3 is 2.08 bits per heavy atom. The van der Waals surface area contributed by atoms with Crippen molar-refractivity contribution in [2.45, 2.75) is 77.4 Å². The number of carbonyl (C=O) groups is 2. The summed E-state index contributed by atoms with van der Waals surface area (Å²) < 4.78 is 19.0. The number of nitrogens with zero attached hydrogens (tertiary/aromatic N) is 1. The summed E-state index contributed by atoms with van der Waals surface area (Å²) in [5.41, 5.74) is 1.03. The predicted octanol–water partition coefficient (Wildman–Crippen LogP) is 6.28. The summed E-state index contributed by atoms with van der Waals surface area (Å²) in [5, 5.41) is 3.22. The second-order valence-electron chi connectivity index (χ2n) is 11.7. The lowest BCUT2D eigenvalue weighted by atomic mass is 9.83. The van der Waals surface area contributed by atoms with E-state index in [9.17, 15) is 14.0 Å². The van der Waals surface area contributed by atoms with Gasteiger partial charge < -0.3 is 15.0 Å². The van der Waals surface area contributed by atoms with E-state index >= 15 is 0 Å². The number of halogens is 1. The van der Waals surface area contributed by atoms with Crippen molar-refractivity contribution in [1.82, 2.24) is 10.2 Å². The summed E-state index contributed by atoms with van der Waals surface area (Å²) in [6.45, 7) is 8.98. The molecule has 1 aliphatic heterocycles. The number of ketones is 1. The minimum atomic E-state index is -0.306. The normalized spacial score (nSPS) is 21.4. The first-order chi connectivity index (χ1) is 17.7. The SMILES string of the molecule is CC(C)(C)Oc1ccc(C(=O)N[C@H]2CC[C@H](CCN3CCC(C(=O)c4ccc(F)cc4)CC3)CC2)cc1. The van der Waals surface area contributed by atoms with Crippen LogP contribution in [0.4, 0.5) is 4.39 Å². The number of ether oxygens (including phenoxy) is 1. The van der Waals surface area contributed by atoms with Crippen molar-refractivity contribution in [3.63, 3.8) is 0 Å². The van der Waals surface area contributed by atoms with Crippen molar-refractivity contribution in [2.24, 2.45) is 11.8 Å². The zero-order chi connectivity index (χ0) is 26.4. The highest BCUT2D eigenvalue weighted by atomic mass is 19.1. The first-order valence-corrected chi connectivity index (χ1v) is 13.8. The van der Waals surface area contributed by atoms with Crippen LogP contribution in [-0.4, -0.2) is 47.9 Å². The van der Waals surface area contributed by atoms with Gasteiger partial charge >= 0.3 is 0 Å². The molecule has 0 aromatic heterocycles. The number of benzene rings is 2. The van der Waals surface area contributed by atoms with Crippen LogP contribution in [0.2, 0.25) is 0 Å². The van der Waals surface area contributed by atoms with E-state index in [-0.39, 0.29) is 35.1 Å². The monoisotopic (exact) mass is 508 g/mol. The molecule has 1 heterocycles. The highest BCUT2D eigenvalue weighted by Gasteiger charge is 2.27. The number of piperidine rings is 1. The molecule has 0 spiro atoms. The minimum Gasteiger partial charge on any atom is -0.488 e. The Balaban J connectivity index is 1.13. The van der Waals surface area contributed by atoms with E-state index in [1.54, 1.807) is 12.1 Å². The highest BCUT2D eigenvalue weighted by Crippen LogP contribution is 2.29. The average molecular weight is 509 g/mol. The zero-order valence-electron chi connectivity index (χ0n) is 22.5. The molecule has 4 rings (SSSR count). The molecule has 0 radical (unpaired) electrons. The second kappa shape index (κ2) is 12.2. The van der Waals surface area contributed by atoms with Crippen LogP contribution in [0.1, 0.15) is 86.4 Å². The number of nitrogens with one attached hydrogen (secondary N) is 1. The molecule has 1 amide bonds. The third kappa shape index (κ3) is 8.13. The summed E-state index contributed by atoms with van der Waals surface area (Å²) in [6.07, 6.45) is 7.25. The van der Waals surface area contributed by atoms with Crippen LogP contribution in [0, 0.1) is 17.7 Å². The van der Waals surface area contributed by atoms with Gasteiger partial charge in [-0.25, -0.2) is 4.39 Å². The van der Waals surface area contributed by atoms with E-state index in [1.165, 1.54) is 18.6 Å². The number of amides is 1. The molecule has 1 saturated carbocycles. The molecule has 200 valence electrons. The molecule has 37 heavy (non-hydrogen) atoms. The number of hydrogen-bond donors (Lipinski definition) is 1. The van der Waals surface area contributed by atoms with Gasteiger partial charge in [-0.3, -0.25) is 9.59 Å². The van der Waals surface area contributed by atoms with Crippen molar-refractivity contribution in [1.29, 1.82) is 0 Å². The van der Waals surface area contributed by atoms with Gasteiger partial charge in [0.2, 0.25) is 0 Å². The van der Waals surface area contributed by atoms with E-state index in [0.29, 0.717) is 17.0 Å². The molecule has 0 atom stereocenters. The number of carbonyl (C=O) groups excluding carboxylic acids is 2. The van der Waals surface area contributed by atoms with Gasteiger partial charge in [0.1, 0.15) is 17.2 Å². The van der Waals surface area contributed by atoms with Crippen LogP contribution in [0.3, 0.4) is 0 Å². The van der Waals surface area contributed by atoms with Gasteiger partial charge in [0.05, 0.1) is 0 Å². The third-order valence-electron chi connectivity index (χ3n) is 7.66. The largest absolute Gasteiger partial charge is 0.488 e. The number of hydrogen-bond acceptors (Lipinski definition) is 4. The molecule has 2 aliphatic rings. The van der Waals surface area contributed by atoms with Gasteiger partial charge in [0.15, 0.2) is 5.78 Å². The molecule has 2 aromatic carbocycles. The molecule has 1 aliphatic carbocycles. The van der Waals surface area contributed by atoms with Crippen LogP contribution in [-0.2, 0) is 0 Å². The van der Waals surface area contributed by atoms with Crippen molar-refractivity contribution in [2.75, 3.05) is 19.6 Å². The Morgan fingerprint density at radius 2 is 1.49 bits per heavy atom. The van der Waals surface area contributed by atoms with E-state index < -0.39 is 0 Å². The Kier molecular flexibility index (Phi) is 9.01. The van der Waals surface area contributed by atoms with Gasteiger partial charge in [-0.2, -0.15) is 0 Å². The van der Waals surface area contributed by atoms with E-state index in [1.807, 2.05) is 45.0 Å². The zero-order valence-corrected chi connectivity index (χ0v) is 22.5. The first kappa shape index (κ1) is 27.3. The molecule has 6 heteroatoms. The fourth-order valence-electron chi connectivity index (χ4n) is 5.53. The van der Waals surface area contributed by atoms with Gasteiger partial charge in [0, 0.05) is 23.1 Å². The fourth-order valence-corrected chi connectivity index (χ4v) is 5.53. The molecule has 1 N–H and O–H groups in total. The Labute approximate surface area is 220 Å². The fraction of sp³-hybridized carbons (Fsp3) is 0.548. The lowest BCUT2D eigenvalue weighted by molar-refractivity contribution is 0.0832. The highest BCUT2D eigenvalue weighted by molar-refractivity contribution is 5.97. The minimum absolute atomic E-state index is 0.0104. The van der Waals surface area contributed by atoms with Crippen LogP contribution >= 0.6 is 0 Å². The number of Topliss-reactive ketones (excluding diaryl/α,β-unsaturated/α-hetero) is 1. The molecular weight excluding hydrogens is 467 g/mol. The summed E-state index contributed by atoms with van der Waals surface area (Å²) in [4.78, 5) is 27.9. The van der Waals surface area contributed by atoms with E-state index in [2.05, 4.69) is 10.2 Å². The maximum atomic E-state index is 13.1. The first-order valence-electron chi connectivity index (χ1n) is 13.8. The van der Waals surface area contributed by atoms with Gasteiger partial charge in [-0.15, -0.1) is 0 Å². The van der Waals surface area contributed by atoms with Crippen LogP contribution < -0.4 is 10.1 Å². The lowest BCUT2D eigenvalue weighted by Crippen LogP contribution is -2.39. The smallest absolute Gasteiger partial charge is 0.251 e. The quantitative estimate of drug-likeness (QED) is 0.427. The van der Waals surface area contributed by atoms with Crippen LogP contribution in [0.15, 0.2) is 48.5 Å². The van der Waals surface area contributed by atoms with Gasteiger partial charge in [-0.1, -0.05) is 0 Å². The van der Waals surface area contributed by atoms with Crippen LogP contribution in [0.25, 0.3) is 0 Å². The van der Waals surface area contributed by atoms with Gasteiger partial charge in [-0.05, 0) is 140 Å². The molecule has 0 bridgehead atoms. The summed E-state index contributed by atoms with van der Waals surface area (Å²) >= 11 is 0. The van der Waals surface area contributed by atoms with Crippen molar-refractivity contribution in [3.8, 4) is 5.75 Å². The predicted molar refractivity (Wildman–Crippen MR) is 145 cm³/mol. The summed E-state index contributed by atoms with van der Waals surface area (Å²) in [7, 11) is 0. The van der Waals surface area contributed by atoms with Gasteiger partial charge in [0.25, 0.3) is 5.91 Å². The number of likely N-dealkylation sites (tertiary alicyclic amines) is 1. The summed E-state index contributed by atoms with van der Waals surface area (Å²) in [5.74, 6) is 1.34. The average Bonchev–Trinajstić information content (AvgIpc) is 2.88. The van der Waals surface area contributed by atoms with Crippen molar-refractivity contribution in [3.05, 3.63) is 65.5 Å². The molecule has 5 nitrogen and oxygen atoms in total. The Hall–Kier alpha value is -2.73. The van der Waals surface area contributed by atoms with Crippen molar-refractivity contribution < 1.29 is 18.7 Å². The molecule has 2 aromatic rings. The Bertz CT molecular complexity index is 1030. The molecule has 0 unspecified atom stereocenters. The number of rotatable bonds is 8. The third-order valence-corrected chi connectivity index (χ3v) is 7.66. The topological polar surface area (TPSA) is 58.6 Å². The lowest BCUT2D eigenvalue weighted by Gasteiger charge is -2.34.